The van der Waals surface area contributed by atoms with E-state index in [4.69, 9.17) is 0 Å². The molecule has 0 aliphatic heterocycles. The van der Waals surface area contributed by atoms with Crippen LogP contribution in [0.2, 0.25) is 4.55 Å². The maximum Gasteiger partial charge on any atom is 0.468 e. The Morgan fingerprint density at radius 1 is 0.812 bits per heavy atom. The molecule has 0 saturated carbocycles. The number of rotatable bonds is 10. The second-order valence-corrected chi connectivity index (χ2v) is 9.28. The highest BCUT2D eigenvalue weighted by molar-refractivity contribution is 9.23. The van der Waals surface area contributed by atoms with Crippen molar-refractivity contribution in [1.29, 1.82) is 0 Å². The zero-order valence-electron chi connectivity index (χ0n) is 11.8. The zero-order valence-corrected chi connectivity index (χ0v) is 14.8. The van der Waals surface area contributed by atoms with Gasteiger partial charge in [-0.05, 0) is 11.8 Å². The first-order valence-corrected chi connectivity index (χ1v) is 12.0. The summed E-state index contributed by atoms with van der Waals surface area (Å²) < 4.78 is 1.47. The van der Waals surface area contributed by atoms with E-state index in [1.807, 2.05) is 0 Å². The predicted molar refractivity (Wildman–Crippen MR) is 80.4 cm³/mol. The summed E-state index contributed by atoms with van der Waals surface area (Å²) >= 11 is 3.77. The van der Waals surface area contributed by atoms with E-state index in [0.29, 0.717) is 0 Å². The van der Waals surface area contributed by atoms with E-state index >= 15 is 0 Å². The first-order chi connectivity index (χ1) is 7.56. The molecule has 0 aromatic rings. The van der Waals surface area contributed by atoms with Crippen LogP contribution in [0.1, 0.15) is 66.2 Å². The van der Waals surface area contributed by atoms with Crippen LogP contribution in [0, 0.1) is 17.8 Å². The van der Waals surface area contributed by atoms with Gasteiger partial charge < -0.3 is 12.9 Å². The molecule has 0 N–H and O–H groups in total. The second-order valence-electron chi connectivity index (χ2n) is 5.94. The van der Waals surface area contributed by atoms with Crippen molar-refractivity contribution >= 4 is 31.1 Å². The number of hydrogen-bond acceptors (Lipinski definition) is 0. The highest BCUT2D eigenvalue weighted by Crippen LogP contribution is 2.20. The van der Waals surface area contributed by atoms with Gasteiger partial charge in [0, 0.05) is 0 Å². The smallest absolute Gasteiger partial charge is 0.307 e. The molecule has 0 spiro atoms. The fraction of sp³-hybridized carbons (Fsp3) is 1.00. The average Bonchev–Trinajstić information content (AvgIpc) is 2.17. The van der Waals surface area contributed by atoms with Gasteiger partial charge in [-0.1, -0.05) is 72.1 Å². The first kappa shape index (κ1) is 17.2. The Labute approximate surface area is 119 Å². The van der Waals surface area contributed by atoms with Crippen LogP contribution < -0.4 is 0 Å². The largest absolute Gasteiger partial charge is 0.468 e. The minimum absolute atomic E-state index is 0.109. The van der Waals surface area contributed by atoms with Crippen LogP contribution in [-0.4, -0.2) is 18.2 Å². The van der Waals surface area contributed by atoms with Gasteiger partial charge in [0.2, 0.25) is 0 Å². The van der Waals surface area contributed by atoms with Crippen molar-refractivity contribution in [3.8, 4) is 0 Å². The zero-order chi connectivity index (χ0) is 12.4. The van der Waals surface area contributed by atoms with E-state index in [-0.39, 0.29) is 18.2 Å². The Morgan fingerprint density at radius 3 is 1.81 bits per heavy atom. The van der Waals surface area contributed by atoms with Gasteiger partial charge in [-0.2, -0.15) is 0 Å². The van der Waals surface area contributed by atoms with Crippen LogP contribution in [0.3, 0.4) is 0 Å². The fourth-order valence-corrected chi connectivity index (χ4v) is 5.17. The van der Waals surface area contributed by atoms with Gasteiger partial charge in [-0.15, -0.1) is 4.55 Å². The molecule has 0 bridgehead atoms. The molecule has 0 aliphatic carbocycles. The SMILES string of the molecule is CC(C)CCC[C@@H](C)CCC[C@@H](C)[CH2][Mg][Br]. The summed E-state index contributed by atoms with van der Waals surface area (Å²) in [6, 6.07) is 0. The minimum Gasteiger partial charge on any atom is -0.307 e. The molecule has 0 aromatic heterocycles. The fourth-order valence-electron chi connectivity index (χ4n) is 2.16. The lowest BCUT2D eigenvalue weighted by molar-refractivity contribution is 0.407. The molecular formula is C14H29BrMg. The molecule has 0 rings (SSSR count). The van der Waals surface area contributed by atoms with Crippen molar-refractivity contribution in [3.05, 3.63) is 0 Å². The molecule has 0 amide bonds. The van der Waals surface area contributed by atoms with Crippen molar-refractivity contribution < 1.29 is 0 Å². The van der Waals surface area contributed by atoms with Gasteiger partial charge in [-0.25, -0.2) is 0 Å². The van der Waals surface area contributed by atoms with Gasteiger partial charge in [-0.3, -0.25) is 0 Å². The van der Waals surface area contributed by atoms with Gasteiger partial charge in [0.25, 0.3) is 0 Å². The van der Waals surface area contributed by atoms with E-state index < -0.39 is 0 Å². The van der Waals surface area contributed by atoms with Crippen molar-refractivity contribution in [3.63, 3.8) is 0 Å². The van der Waals surface area contributed by atoms with Crippen LogP contribution in [-0.2, 0) is 0 Å². The van der Waals surface area contributed by atoms with Crippen molar-refractivity contribution in [2.45, 2.75) is 70.8 Å². The molecule has 0 radical (unpaired) electrons. The predicted octanol–water partition coefficient (Wildman–Crippen LogP) is 5.69. The lowest BCUT2D eigenvalue weighted by Crippen LogP contribution is -2.00. The van der Waals surface area contributed by atoms with E-state index in [2.05, 4.69) is 40.6 Å². The van der Waals surface area contributed by atoms with Gasteiger partial charge in [0.1, 0.15) is 0 Å². The van der Waals surface area contributed by atoms with Gasteiger partial charge >= 0.3 is 18.2 Å². The lowest BCUT2D eigenvalue weighted by Gasteiger charge is -2.14. The maximum absolute atomic E-state index is 3.66. The summed E-state index contributed by atoms with van der Waals surface area (Å²) in [6.07, 6.45) is 8.64. The summed E-state index contributed by atoms with van der Waals surface area (Å²) in [5.41, 5.74) is 0. The molecule has 0 heterocycles. The molecule has 0 unspecified atom stereocenters. The minimum atomic E-state index is 0.109. The summed E-state index contributed by atoms with van der Waals surface area (Å²) in [7, 11) is 0. The van der Waals surface area contributed by atoms with Crippen LogP contribution in [0.15, 0.2) is 0 Å². The maximum atomic E-state index is 3.66. The standard InChI is InChI=1S/C14H29.BrH.Mg/c1-12(2)8-6-10-14(5)11-7-9-13(3)4;;/h12-14H,1,6-11H2,2-5H3;1H;/q;;+1/p-1/t12-,14+;;/m1../s1. The summed E-state index contributed by atoms with van der Waals surface area (Å²) in [5, 5.41) is 0. The van der Waals surface area contributed by atoms with Crippen LogP contribution >= 0.6 is 12.9 Å². The molecule has 2 atom stereocenters. The van der Waals surface area contributed by atoms with Gasteiger partial charge in [0.15, 0.2) is 0 Å². The van der Waals surface area contributed by atoms with Crippen LogP contribution in [0.25, 0.3) is 0 Å². The van der Waals surface area contributed by atoms with E-state index in [0.717, 1.165) is 17.8 Å². The summed E-state index contributed by atoms with van der Waals surface area (Å²) in [6.45, 7) is 9.51. The molecule has 0 aromatic carbocycles. The van der Waals surface area contributed by atoms with Gasteiger partial charge in [0.05, 0.1) is 0 Å². The first-order valence-electron chi connectivity index (χ1n) is 7.12. The third-order valence-corrected chi connectivity index (χ3v) is 6.05. The highest BCUT2D eigenvalue weighted by atomic mass is 79.9. The second kappa shape index (κ2) is 11.3. The van der Waals surface area contributed by atoms with Crippen molar-refractivity contribution in [1.82, 2.24) is 0 Å². The molecule has 0 aliphatic rings. The third kappa shape index (κ3) is 11.7. The quantitative estimate of drug-likeness (QED) is 0.455. The lowest BCUT2D eigenvalue weighted by atomic mass is 9.94. The Hall–Kier alpha value is 1.25. The normalized spacial score (nSPS) is 14.9. The molecule has 16 heavy (non-hydrogen) atoms. The van der Waals surface area contributed by atoms with E-state index in [9.17, 15) is 0 Å². The number of halogens is 1. The number of hydrogen-bond donors (Lipinski definition) is 0. The van der Waals surface area contributed by atoms with Crippen LogP contribution in [0.4, 0.5) is 0 Å². The molecule has 0 fully saturated rings. The molecule has 0 saturated heterocycles. The third-order valence-electron chi connectivity index (χ3n) is 3.47. The van der Waals surface area contributed by atoms with Crippen molar-refractivity contribution in [2.24, 2.45) is 17.8 Å². The molecule has 0 nitrogen and oxygen atoms in total. The monoisotopic (exact) mass is 300 g/mol. The Balaban J connectivity index is 3.32. The Kier molecular flexibility index (Phi) is 12.2. The van der Waals surface area contributed by atoms with E-state index in [1.165, 1.54) is 43.1 Å². The Bertz CT molecular complexity index is 148. The average molecular weight is 302 g/mol. The summed E-state index contributed by atoms with van der Waals surface area (Å²) in [4.78, 5) is 0. The molecule has 94 valence electrons. The highest BCUT2D eigenvalue weighted by Gasteiger charge is 2.06. The van der Waals surface area contributed by atoms with E-state index in [1.54, 1.807) is 0 Å². The van der Waals surface area contributed by atoms with Crippen LogP contribution in [0.5, 0.6) is 0 Å². The summed E-state index contributed by atoms with van der Waals surface area (Å²) in [5.74, 6) is 2.80. The molecular weight excluding hydrogens is 272 g/mol. The van der Waals surface area contributed by atoms with Crippen molar-refractivity contribution in [2.75, 3.05) is 0 Å². The molecule has 2 heteroatoms. The topological polar surface area (TPSA) is 0 Å². The Morgan fingerprint density at radius 2 is 1.31 bits per heavy atom.